The summed E-state index contributed by atoms with van der Waals surface area (Å²) in [7, 11) is 0. The smallest absolute Gasteiger partial charge is 0.224 e. The van der Waals surface area contributed by atoms with Gasteiger partial charge in [0.2, 0.25) is 11.8 Å². The molecule has 0 aromatic heterocycles. The standard InChI is InChI=1S/C16H23N3O2/c1-11-5-6-14(18-12(2)20)10-15(11)19-16(21)8-7-13-4-3-9-17-13/h5-6,10,13,17H,3-4,7-9H2,1-2H3,(H,18,20)(H,19,21). The van der Waals surface area contributed by atoms with Gasteiger partial charge in [0.05, 0.1) is 0 Å². The van der Waals surface area contributed by atoms with E-state index in [4.69, 9.17) is 0 Å². The van der Waals surface area contributed by atoms with Crippen molar-refractivity contribution in [1.82, 2.24) is 5.32 Å². The summed E-state index contributed by atoms with van der Waals surface area (Å²) in [6.45, 7) is 4.46. The Hall–Kier alpha value is -1.88. The van der Waals surface area contributed by atoms with Gasteiger partial charge in [-0.05, 0) is 50.4 Å². The van der Waals surface area contributed by atoms with E-state index < -0.39 is 0 Å². The summed E-state index contributed by atoms with van der Waals surface area (Å²) in [5, 5.41) is 9.04. The molecule has 0 spiro atoms. The van der Waals surface area contributed by atoms with Crippen molar-refractivity contribution in [2.24, 2.45) is 0 Å². The lowest BCUT2D eigenvalue weighted by Crippen LogP contribution is -2.23. The summed E-state index contributed by atoms with van der Waals surface area (Å²) < 4.78 is 0. The van der Waals surface area contributed by atoms with Gasteiger partial charge < -0.3 is 16.0 Å². The van der Waals surface area contributed by atoms with Gasteiger partial charge in [-0.25, -0.2) is 0 Å². The first-order valence-electron chi connectivity index (χ1n) is 7.46. The van der Waals surface area contributed by atoms with E-state index in [1.165, 1.54) is 13.3 Å². The fourth-order valence-electron chi connectivity index (χ4n) is 2.56. The van der Waals surface area contributed by atoms with Crippen molar-refractivity contribution in [3.8, 4) is 0 Å². The molecule has 21 heavy (non-hydrogen) atoms. The summed E-state index contributed by atoms with van der Waals surface area (Å²) in [5.74, 6) is -0.102. The van der Waals surface area contributed by atoms with Crippen LogP contribution in [0.1, 0.15) is 38.2 Å². The van der Waals surface area contributed by atoms with Crippen molar-refractivity contribution in [2.75, 3.05) is 17.2 Å². The van der Waals surface area contributed by atoms with Gasteiger partial charge in [-0.15, -0.1) is 0 Å². The zero-order valence-electron chi connectivity index (χ0n) is 12.7. The molecule has 1 heterocycles. The number of carbonyl (C=O) groups is 2. The fraction of sp³-hybridized carbons (Fsp3) is 0.500. The van der Waals surface area contributed by atoms with Crippen LogP contribution in [-0.4, -0.2) is 24.4 Å². The first-order valence-corrected chi connectivity index (χ1v) is 7.46. The average Bonchev–Trinajstić information content (AvgIpc) is 2.93. The summed E-state index contributed by atoms with van der Waals surface area (Å²) in [5.41, 5.74) is 2.43. The molecule has 1 aromatic rings. The third-order valence-corrected chi connectivity index (χ3v) is 3.71. The van der Waals surface area contributed by atoms with E-state index in [2.05, 4.69) is 16.0 Å². The largest absolute Gasteiger partial charge is 0.326 e. The molecule has 0 radical (unpaired) electrons. The highest BCUT2D eigenvalue weighted by Crippen LogP contribution is 2.21. The van der Waals surface area contributed by atoms with Crippen molar-refractivity contribution >= 4 is 23.2 Å². The monoisotopic (exact) mass is 289 g/mol. The molecule has 1 unspecified atom stereocenters. The van der Waals surface area contributed by atoms with Crippen molar-refractivity contribution < 1.29 is 9.59 Å². The fourth-order valence-corrected chi connectivity index (χ4v) is 2.56. The van der Waals surface area contributed by atoms with Crippen LogP contribution in [0.3, 0.4) is 0 Å². The van der Waals surface area contributed by atoms with Gasteiger partial charge >= 0.3 is 0 Å². The Labute approximate surface area is 125 Å². The van der Waals surface area contributed by atoms with Crippen molar-refractivity contribution in [3.05, 3.63) is 23.8 Å². The van der Waals surface area contributed by atoms with Gasteiger partial charge in [-0.2, -0.15) is 0 Å². The Morgan fingerprint density at radius 3 is 2.81 bits per heavy atom. The minimum atomic E-state index is -0.122. The number of amides is 2. The van der Waals surface area contributed by atoms with Crippen molar-refractivity contribution in [3.63, 3.8) is 0 Å². The number of hydrogen-bond donors (Lipinski definition) is 3. The second kappa shape index (κ2) is 7.22. The molecule has 3 N–H and O–H groups in total. The zero-order chi connectivity index (χ0) is 15.2. The highest BCUT2D eigenvalue weighted by atomic mass is 16.2. The normalized spacial score (nSPS) is 17.5. The Balaban J connectivity index is 1.90. The Morgan fingerprint density at radius 2 is 2.14 bits per heavy atom. The second-order valence-electron chi connectivity index (χ2n) is 5.59. The molecule has 1 aromatic carbocycles. The van der Waals surface area contributed by atoms with E-state index in [1.54, 1.807) is 6.07 Å². The van der Waals surface area contributed by atoms with Gasteiger partial charge in [0.15, 0.2) is 0 Å². The number of nitrogens with one attached hydrogen (secondary N) is 3. The predicted octanol–water partition coefficient (Wildman–Crippen LogP) is 2.42. The van der Waals surface area contributed by atoms with E-state index in [0.29, 0.717) is 18.2 Å². The van der Waals surface area contributed by atoms with Crippen LogP contribution in [0.4, 0.5) is 11.4 Å². The lowest BCUT2D eigenvalue weighted by Gasteiger charge is -2.12. The summed E-state index contributed by atoms with van der Waals surface area (Å²) >= 11 is 0. The van der Waals surface area contributed by atoms with Crippen LogP contribution in [-0.2, 0) is 9.59 Å². The van der Waals surface area contributed by atoms with E-state index in [-0.39, 0.29) is 11.8 Å². The number of hydrogen-bond acceptors (Lipinski definition) is 3. The molecule has 1 aliphatic rings. The van der Waals surface area contributed by atoms with Crippen LogP contribution in [0.15, 0.2) is 18.2 Å². The van der Waals surface area contributed by atoms with Crippen molar-refractivity contribution in [1.29, 1.82) is 0 Å². The third-order valence-electron chi connectivity index (χ3n) is 3.71. The predicted molar refractivity (Wildman–Crippen MR) is 84.4 cm³/mol. The van der Waals surface area contributed by atoms with Crippen LogP contribution in [0.2, 0.25) is 0 Å². The topological polar surface area (TPSA) is 70.2 Å². The van der Waals surface area contributed by atoms with E-state index in [9.17, 15) is 9.59 Å². The molecule has 0 saturated carbocycles. The molecule has 5 nitrogen and oxygen atoms in total. The Morgan fingerprint density at radius 1 is 1.33 bits per heavy atom. The summed E-state index contributed by atoms with van der Waals surface area (Å²) in [4.78, 5) is 23.1. The van der Waals surface area contributed by atoms with Gasteiger partial charge in [0.25, 0.3) is 0 Å². The van der Waals surface area contributed by atoms with E-state index in [1.807, 2.05) is 19.1 Å². The van der Waals surface area contributed by atoms with E-state index in [0.717, 1.165) is 30.6 Å². The van der Waals surface area contributed by atoms with Crippen LogP contribution in [0.25, 0.3) is 0 Å². The Kier molecular flexibility index (Phi) is 5.33. The number of rotatable bonds is 5. The lowest BCUT2D eigenvalue weighted by molar-refractivity contribution is -0.116. The maximum atomic E-state index is 12.0. The number of carbonyl (C=O) groups excluding carboxylic acids is 2. The molecule has 1 fully saturated rings. The molecule has 1 saturated heterocycles. The molecule has 1 aliphatic heterocycles. The zero-order valence-corrected chi connectivity index (χ0v) is 12.7. The molecule has 114 valence electrons. The second-order valence-corrected chi connectivity index (χ2v) is 5.59. The molecule has 2 rings (SSSR count). The molecule has 0 aliphatic carbocycles. The maximum absolute atomic E-state index is 12.0. The van der Waals surface area contributed by atoms with Gasteiger partial charge in [-0.3, -0.25) is 9.59 Å². The van der Waals surface area contributed by atoms with Gasteiger partial charge in [-0.1, -0.05) is 6.07 Å². The van der Waals surface area contributed by atoms with Crippen LogP contribution >= 0.6 is 0 Å². The van der Waals surface area contributed by atoms with Crippen LogP contribution in [0, 0.1) is 6.92 Å². The summed E-state index contributed by atoms with van der Waals surface area (Å²) in [6, 6.07) is 5.99. The molecular weight excluding hydrogens is 266 g/mol. The minimum Gasteiger partial charge on any atom is -0.326 e. The molecule has 1 atom stereocenters. The molecule has 2 amide bonds. The molecule has 5 heteroatoms. The highest BCUT2D eigenvalue weighted by Gasteiger charge is 2.15. The van der Waals surface area contributed by atoms with Crippen LogP contribution < -0.4 is 16.0 Å². The number of aryl methyl sites for hydroxylation is 1. The molecule has 0 bridgehead atoms. The SMILES string of the molecule is CC(=O)Nc1ccc(C)c(NC(=O)CCC2CCCN2)c1. The summed E-state index contributed by atoms with van der Waals surface area (Å²) in [6.07, 6.45) is 3.74. The number of anilines is 2. The average molecular weight is 289 g/mol. The van der Waals surface area contributed by atoms with Crippen molar-refractivity contribution in [2.45, 2.75) is 45.6 Å². The van der Waals surface area contributed by atoms with Crippen LogP contribution in [0.5, 0.6) is 0 Å². The third kappa shape index (κ3) is 4.86. The first-order chi connectivity index (χ1) is 10.0. The van der Waals surface area contributed by atoms with Gasteiger partial charge in [0.1, 0.15) is 0 Å². The first kappa shape index (κ1) is 15.5. The number of benzene rings is 1. The minimum absolute atomic E-state index is 0.0202. The maximum Gasteiger partial charge on any atom is 0.224 e. The highest BCUT2D eigenvalue weighted by molar-refractivity contribution is 5.94. The van der Waals surface area contributed by atoms with E-state index >= 15 is 0 Å². The van der Waals surface area contributed by atoms with Gasteiger partial charge in [0, 0.05) is 30.8 Å². The Bertz CT molecular complexity index is 522. The molecular formula is C16H23N3O2. The lowest BCUT2D eigenvalue weighted by atomic mass is 10.1. The quantitative estimate of drug-likeness (QED) is 0.779.